The largest absolute Gasteiger partial charge is 0.348 e. The van der Waals surface area contributed by atoms with E-state index >= 15 is 0 Å². The van der Waals surface area contributed by atoms with Crippen molar-refractivity contribution in [1.29, 1.82) is 0 Å². The van der Waals surface area contributed by atoms with Gasteiger partial charge < -0.3 is 0 Å². The van der Waals surface area contributed by atoms with Gasteiger partial charge in [-0.3, -0.25) is 4.57 Å². The Morgan fingerprint density at radius 3 is 2.93 bits per heavy atom. The minimum absolute atomic E-state index is 0.199. The lowest BCUT2D eigenvalue weighted by Crippen LogP contribution is -2.23. The Kier molecular flexibility index (Phi) is 3.02. The minimum Gasteiger partial charge on any atom is -0.294 e. The maximum atomic E-state index is 11.5. The summed E-state index contributed by atoms with van der Waals surface area (Å²) in [6.45, 7) is 2.39. The number of thiophene rings is 1. The molecule has 0 saturated heterocycles. The van der Waals surface area contributed by atoms with Gasteiger partial charge in [0.05, 0.1) is 6.54 Å². The molecule has 0 spiro atoms. The summed E-state index contributed by atoms with van der Waals surface area (Å²) in [4.78, 5) is 16.5. The number of halogens is 1. The van der Waals surface area contributed by atoms with Crippen LogP contribution in [0.15, 0.2) is 33.0 Å². The Hall–Kier alpha value is -0.940. The topological polar surface area (TPSA) is 34.9 Å². The third-order valence-electron chi connectivity index (χ3n) is 2.02. The van der Waals surface area contributed by atoms with Gasteiger partial charge in [-0.15, -0.1) is 11.3 Å². The highest BCUT2D eigenvalue weighted by molar-refractivity contribution is 9.10. The number of rotatable bonds is 2. The van der Waals surface area contributed by atoms with Gasteiger partial charge in [0, 0.05) is 21.2 Å². The predicted octanol–water partition coefficient (Wildman–Crippen LogP) is 2.42. The number of aryl methyl sites for hydroxylation is 1. The van der Waals surface area contributed by atoms with Crippen LogP contribution in [0, 0.1) is 6.92 Å². The van der Waals surface area contributed by atoms with Gasteiger partial charge in [0.25, 0.3) is 0 Å². The second-order valence-electron chi connectivity index (χ2n) is 3.17. The molecule has 15 heavy (non-hydrogen) atoms. The third kappa shape index (κ3) is 2.35. The highest BCUT2D eigenvalue weighted by Crippen LogP contribution is 2.22. The van der Waals surface area contributed by atoms with Gasteiger partial charge in [0.2, 0.25) is 0 Å². The van der Waals surface area contributed by atoms with Crippen LogP contribution in [0.5, 0.6) is 0 Å². The molecule has 3 nitrogen and oxygen atoms in total. The van der Waals surface area contributed by atoms with Crippen molar-refractivity contribution < 1.29 is 0 Å². The van der Waals surface area contributed by atoms with Crippen LogP contribution in [-0.2, 0) is 6.54 Å². The van der Waals surface area contributed by atoms with E-state index in [0.717, 1.165) is 15.0 Å². The van der Waals surface area contributed by atoms with Crippen LogP contribution in [0.1, 0.15) is 10.6 Å². The zero-order valence-electron chi connectivity index (χ0n) is 8.11. The summed E-state index contributed by atoms with van der Waals surface area (Å²) in [5, 5.41) is 1.99. The van der Waals surface area contributed by atoms with Gasteiger partial charge in [0.15, 0.2) is 0 Å². The third-order valence-corrected chi connectivity index (χ3v) is 3.93. The maximum absolute atomic E-state index is 11.5. The lowest BCUT2D eigenvalue weighted by atomic mass is 10.4. The standard InChI is InChI=1S/C10H9BrN2OS/c1-7-2-4-13(10(14)12-7)6-9-8(11)3-5-15-9/h2-5H,6H2,1H3. The predicted molar refractivity (Wildman–Crippen MR) is 64.4 cm³/mol. The van der Waals surface area contributed by atoms with E-state index in [4.69, 9.17) is 0 Å². The van der Waals surface area contributed by atoms with Crippen LogP contribution < -0.4 is 5.69 Å². The average molecular weight is 285 g/mol. The van der Waals surface area contributed by atoms with E-state index in [1.165, 1.54) is 0 Å². The van der Waals surface area contributed by atoms with E-state index in [-0.39, 0.29) is 5.69 Å². The van der Waals surface area contributed by atoms with E-state index in [1.807, 2.05) is 24.4 Å². The molecule has 0 saturated carbocycles. The molecule has 0 aliphatic heterocycles. The van der Waals surface area contributed by atoms with Gasteiger partial charge >= 0.3 is 5.69 Å². The van der Waals surface area contributed by atoms with E-state index in [1.54, 1.807) is 22.1 Å². The van der Waals surface area contributed by atoms with Crippen LogP contribution >= 0.6 is 27.3 Å². The van der Waals surface area contributed by atoms with Crippen LogP contribution in [-0.4, -0.2) is 9.55 Å². The maximum Gasteiger partial charge on any atom is 0.348 e. The molecule has 0 N–H and O–H groups in total. The fourth-order valence-electron chi connectivity index (χ4n) is 1.23. The van der Waals surface area contributed by atoms with Crippen LogP contribution in [0.3, 0.4) is 0 Å². The van der Waals surface area contributed by atoms with Crippen molar-refractivity contribution in [2.24, 2.45) is 0 Å². The second kappa shape index (κ2) is 4.28. The summed E-state index contributed by atoms with van der Waals surface area (Å²) in [6.07, 6.45) is 1.77. The molecule has 0 fully saturated rings. The number of hydrogen-bond acceptors (Lipinski definition) is 3. The molecule has 0 bridgehead atoms. The second-order valence-corrected chi connectivity index (χ2v) is 5.03. The number of hydrogen-bond donors (Lipinski definition) is 0. The molecule has 0 unspecified atom stereocenters. The molecule has 0 aliphatic carbocycles. The molecule has 0 radical (unpaired) electrons. The van der Waals surface area contributed by atoms with Crippen molar-refractivity contribution in [3.8, 4) is 0 Å². The summed E-state index contributed by atoms with van der Waals surface area (Å²) in [5.41, 5.74) is 0.553. The smallest absolute Gasteiger partial charge is 0.294 e. The molecule has 2 aromatic rings. The van der Waals surface area contributed by atoms with Crippen molar-refractivity contribution in [2.75, 3.05) is 0 Å². The van der Waals surface area contributed by atoms with Crippen molar-refractivity contribution in [1.82, 2.24) is 9.55 Å². The quantitative estimate of drug-likeness (QED) is 0.849. The summed E-state index contributed by atoms with van der Waals surface area (Å²) in [6, 6.07) is 3.82. The van der Waals surface area contributed by atoms with Crippen LogP contribution in [0.4, 0.5) is 0 Å². The van der Waals surface area contributed by atoms with Gasteiger partial charge in [-0.1, -0.05) is 0 Å². The van der Waals surface area contributed by atoms with E-state index in [2.05, 4.69) is 20.9 Å². The molecule has 2 aromatic heterocycles. The molecular weight excluding hydrogens is 276 g/mol. The molecule has 0 aliphatic rings. The van der Waals surface area contributed by atoms with Crippen molar-refractivity contribution in [3.05, 3.63) is 49.2 Å². The summed E-state index contributed by atoms with van der Waals surface area (Å²) >= 11 is 5.06. The summed E-state index contributed by atoms with van der Waals surface area (Å²) in [5.74, 6) is 0. The zero-order chi connectivity index (χ0) is 10.8. The fraction of sp³-hybridized carbons (Fsp3) is 0.200. The minimum atomic E-state index is -0.199. The van der Waals surface area contributed by atoms with Gasteiger partial charge in [-0.05, 0) is 40.4 Å². The first kappa shape index (κ1) is 10.6. The number of nitrogens with zero attached hydrogens (tertiary/aromatic N) is 2. The molecule has 2 heterocycles. The first-order chi connectivity index (χ1) is 7.16. The fourth-order valence-corrected chi connectivity index (χ4v) is 2.70. The van der Waals surface area contributed by atoms with Crippen LogP contribution in [0.2, 0.25) is 0 Å². The molecular formula is C10H9BrN2OS. The van der Waals surface area contributed by atoms with Crippen molar-refractivity contribution in [3.63, 3.8) is 0 Å². The van der Waals surface area contributed by atoms with Crippen molar-refractivity contribution in [2.45, 2.75) is 13.5 Å². The van der Waals surface area contributed by atoms with Crippen molar-refractivity contribution >= 4 is 27.3 Å². The highest BCUT2D eigenvalue weighted by atomic mass is 79.9. The Balaban J connectivity index is 2.33. The Morgan fingerprint density at radius 2 is 2.33 bits per heavy atom. The normalized spacial score (nSPS) is 10.5. The van der Waals surface area contributed by atoms with E-state index in [0.29, 0.717) is 6.54 Å². The monoisotopic (exact) mass is 284 g/mol. The van der Waals surface area contributed by atoms with Crippen LogP contribution in [0.25, 0.3) is 0 Å². The summed E-state index contributed by atoms with van der Waals surface area (Å²) in [7, 11) is 0. The molecule has 5 heteroatoms. The highest BCUT2D eigenvalue weighted by Gasteiger charge is 2.04. The lowest BCUT2D eigenvalue weighted by molar-refractivity contribution is 0.727. The van der Waals surface area contributed by atoms with E-state index in [9.17, 15) is 4.79 Å². The Bertz CT molecular complexity index is 532. The molecule has 78 valence electrons. The zero-order valence-corrected chi connectivity index (χ0v) is 10.5. The molecule has 0 aromatic carbocycles. The Morgan fingerprint density at radius 1 is 1.53 bits per heavy atom. The molecule has 2 rings (SSSR count). The number of aromatic nitrogens is 2. The average Bonchev–Trinajstić information content (AvgIpc) is 2.57. The first-order valence-corrected chi connectivity index (χ1v) is 6.10. The Labute approximate surface area is 99.5 Å². The molecule has 0 atom stereocenters. The SMILES string of the molecule is Cc1ccn(Cc2sccc2Br)c(=O)n1. The summed E-state index contributed by atoms with van der Waals surface area (Å²) < 4.78 is 2.64. The molecule has 0 amide bonds. The van der Waals surface area contributed by atoms with Gasteiger partial charge in [-0.2, -0.15) is 4.98 Å². The van der Waals surface area contributed by atoms with Gasteiger partial charge in [-0.25, -0.2) is 4.79 Å². The lowest BCUT2D eigenvalue weighted by Gasteiger charge is -2.03. The van der Waals surface area contributed by atoms with E-state index < -0.39 is 0 Å². The first-order valence-electron chi connectivity index (χ1n) is 4.43. The van der Waals surface area contributed by atoms with Gasteiger partial charge in [0.1, 0.15) is 0 Å².